The highest BCUT2D eigenvalue weighted by Crippen LogP contribution is 2.28. The molecule has 0 aromatic heterocycles. The minimum absolute atomic E-state index is 0.538. The normalized spacial score (nSPS) is 10.2. The molecular weight excluding hydrogens is 356 g/mol. The van der Waals surface area contributed by atoms with Gasteiger partial charge in [-0.2, -0.15) is 0 Å². The van der Waals surface area contributed by atoms with Crippen LogP contribution in [-0.2, 0) is 0 Å². The fourth-order valence-electron chi connectivity index (χ4n) is 1.75. The van der Waals surface area contributed by atoms with Crippen LogP contribution in [0.1, 0.15) is 6.42 Å². The predicted octanol–water partition coefficient (Wildman–Crippen LogP) is 4.96. The highest BCUT2D eigenvalue weighted by Gasteiger charge is 2.04. The van der Waals surface area contributed by atoms with Crippen molar-refractivity contribution < 1.29 is 14.2 Å². The van der Waals surface area contributed by atoms with Crippen LogP contribution in [0.3, 0.4) is 0 Å². The van der Waals surface area contributed by atoms with Crippen molar-refractivity contribution in [3.8, 4) is 17.2 Å². The highest BCUT2D eigenvalue weighted by molar-refractivity contribution is 9.10. The molecule has 0 amide bonds. The van der Waals surface area contributed by atoms with E-state index in [9.17, 15) is 0 Å². The van der Waals surface area contributed by atoms with Crippen molar-refractivity contribution in [3.05, 3.63) is 52.0 Å². The summed E-state index contributed by atoms with van der Waals surface area (Å²) in [5.74, 6) is 2.15. The SMILES string of the molecule is COc1ccccc1OCCCOc1ccc(Br)cc1Cl. The fraction of sp³-hybridized carbons (Fsp3) is 0.250. The lowest BCUT2D eigenvalue weighted by atomic mass is 10.3. The van der Waals surface area contributed by atoms with Gasteiger partial charge < -0.3 is 14.2 Å². The van der Waals surface area contributed by atoms with Crippen LogP contribution in [0, 0.1) is 0 Å². The lowest BCUT2D eigenvalue weighted by Gasteiger charge is -2.11. The van der Waals surface area contributed by atoms with Gasteiger partial charge >= 0.3 is 0 Å². The lowest BCUT2D eigenvalue weighted by Crippen LogP contribution is -2.05. The number of ether oxygens (including phenoxy) is 3. The molecule has 21 heavy (non-hydrogen) atoms. The number of hydrogen-bond acceptors (Lipinski definition) is 3. The Morgan fingerprint density at radius 2 is 1.62 bits per heavy atom. The van der Waals surface area contributed by atoms with Gasteiger partial charge in [-0.05, 0) is 30.3 Å². The average Bonchev–Trinajstić information content (AvgIpc) is 2.49. The van der Waals surface area contributed by atoms with Gasteiger partial charge in [-0.3, -0.25) is 0 Å². The Balaban J connectivity index is 1.75. The standard InChI is InChI=1S/C16H16BrClO3/c1-19-15-5-2-3-6-16(15)21-10-4-9-20-14-8-7-12(17)11-13(14)18/h2-3,5-8,11H,4,9-10H2,1H3. The smallest absolute Gasteiger partial charge is 0.161 e. The summed E-state index contributed by atoms with van der Waals surface area (Å²) in [6.45, 7) is 1.09. The van der Waals surface area contributed by atoms with Crippen LogP contribution >= 0.6 is 27.5 Å². The summed E-state index contributed by atoms with van der Waals surface area (Å²) in [4.78, 5) is 0. The van der Waals surface area contributed by atoms with Gasteiger partial charge in [0, 0.05) is 10.9 Å². The summed E-state index contributed by atoms with van der Waals surface area (Å²) in [7, 11) is 1.63. The van der Waals surface area contributed by atoms with Crippen LogP contribution in [0.2, 0.25) is 5.02 Å². The highest BCUT2D eigenvalue weighted by atomic mass is 79.9. The van der Waals surface area contributed by atoms with Gasteiger partial charge in [0.05, 0.1) is 25.3 Å². The zero-order valence-electron chi connectivity index (χ0n) is 11.6. The summed E-state index contributed by atoms with van der Waals surface area (Å²) in [6.07, 6.45) is 0.754. The maximum Gasteiger partial charge on any atom is 0.161 e. The van der Waals surface area contributed by atoms with Crippen molar-refractivity contribution in [2.75, 3.05) is 20.3 Å². The molecular formula is C16H16BrClO3. The molecule has 0 atom stereocenters. The second kappa shape index (κ2) is 8.15. The Morgan fingerprint density at radius 3 is 2.29 bits per heavy atom. The Labute approximate surface area is 137 Å². The van der Waals surface area contributed by atoms with E-state index in [0.29, 0.717) is 24.0 Å². The van der Waals surface area contributed by atoms with Crippen LogP contribution in [0.25, 0.3) is 0 Å². The quantitative estimate of drug-likeness (QED) is 0.644. The van der Waals surface area contributed by atoms with Gasteiger partial charge in [0.1, 0.15) is 5.75 Å². The van der Waals surface area contributed by atoms with E-state index in [4.69, 9.17) is 25.8 Å². The van der Waals surface area contributed by atoms with Gasteiger partial charge in [0.15, 0.2) is 11.5 Å². The molecule has 2 aromatic rings. The monoisotopic (exact) mass is 370 g/mol. The average molecular weight is 372 g/mol. The van der Waals surface area contributed by atoms with Crippen molar-refractivity contribution in [3.63, 3.8) is 0 Å². The first-order valence-corrected chi connectivity index (χ1v) is 7.71. The zero-order chi connectivity index (χ0) is 15.1. The third-order valence-corrected chi connectivity index (χ3v) is 3.56. The molecule has 0 saturated heterocycles. The van der Waals surface area contributed by atoms with Crippen LogP contribution < -0.4 is 14.2 Å². The summed E-state index contributed by atoms with van der Waals surface area (Å²) < 4.78 is 17.4. The second-order valence-electron chi connectivity index (χ2n) is 4.28. The molecule has 0 aliphatic rings. The van der Waals surface area contributed by atoms with Crippen molar-refractivity contribution in [1.82, 2.24) is 0 Å². The first-order chi connectivity index (χ1) is 10.2. The number of rotatable bonds is 7. The summed E-state index contributed by atoms with van der Waals surface area (Å²) >= 11 is 9.43. The fourth-order valence-corrected chi connectivity index (χ4v) is 2.48. The van der Waals surface area contributed by atoms with Crippen molar-refractivity contribution in [2.24, 2.45) is 0 Å². The van der Waals surface area contributed by atoms with Gasteiger partial charge in [-0.15, -0.1) is 0 Å². The molecule has 2 rings (SSSR count). The van der Waals surface area contributed by atoms with E-state index in [0.717, 1.165) is 22.4 Å². The Bertz CT molecular complexity index is 589. The van der Waals surface area contributed by atoms with Gasteiger partial charge in [0.2, 0.25) is 0 Å². The second-order valence-corrected chi connectivity index (χ2v) is 5.60. The van der Waals surface area contributed by atoms with Gasteiger partial charge in [0.25, 0.3) is 0 Å². The molecule has 5 heteroatoms. The van der Waals surface area contributed by atoms with Crippen LogP contribution in [0.15, 0.2) is 46.9 Å². The Hall–Kier alpha value is -1.39. The maximum absolute atomic E-state index is 6.08. The number of benzene rings is 2. The predicted molar refractivity (Wildman–Crippen MR) is 87.8 cm³/mol. The van der Waals surface area contributed by atoms with E-state index in [-0.39, 0.29) is 0 Å². The van der Waals surface area contributed by atoms with E-state index in [1.165, 1.54) is 0 Å². The molecule has 0 spiro atoms. The Kier molecular flexibility index (Phi) is 6.21. The summed E-state index contributed by atoms with van der Waals surface area (Å²) in [6, 6.07) is 13.1. The number of hydrogen-bond donors (Lipinski definition) is 0. The topological polar surface area (TPSA) is 27.7 Å². The molecule has 0 aliphatic heterocycles. The van der Waals surface area contributed by atoms with E-state index >= 15 is 0 Å². The molecule has 0 radical (unpaired) electrons. The first-order valence-electron chi connectivity index (χ1n) is 6.54. The number of halogens is 2. The molecule has 0 bridgehead atoms. The zero-order valence-corrected chi connectivity index (χ0v) is 14.0. The summed E-state index contributed by atoms with van der Waals surface area (Å²) in [5.41, 5.74) is 0. The van der Waals surface area contributed by atoms with E-state index < -0.39 is 0 Å². The van der Waals surface area contributed by atoms with E-state index in [1.54, 1.807) is 7.11 Å². The lowest BCUT2D eigenvalue weighted by molar-refractivity contribution is 0.240. The third kappa shape index (κ3) is 4.83. The number of methoxy groups -OCH3 is 1. The molecule has 3 nitrogen and oxygen atoms in total. The van der Waals surface area contributed by atoms with Crippen molar-refractivity contribution >= 4 is 27.5 Å². The first kappa shape index (κ1) is 16.0. The van der Waals surface area contributed by atoms with E-state index in [1.807, 2.05) is 42.5 Å². The van der Waals surface area contributed by atoms with Crippen LogP contribution in [0.5, 0.6) is 17.2 Å². The van der Waals surface area contributed by atoms with Crippen molar-refractivity contribution in [2.45, 2.75) is 6.42 Å². The minimum atomic E-state index is 0.538. The molecule has 2 aromatic carbocycles. The molecule has 0 N–H and O–H groups in total. The largest absolute Gasteiger partial charge is 0.493 e. The molecule has 0 saturated carbocycles. The number of para-hydroxylation sites is 2. The molecule has 112 valence electrons. The van der Waals surface area contributed by atoms with Crippen LogP contribution in [0.4, 0.5) is 0 Å². The third-order valence-electron chi connectivity index (χ3n) is 2.77. The maximum atomic E-state index is 6.08. The minimum Gasteiger partial charge on any atom is -0.493 e. The van der Waals surface area contributed by atoms with Crippen molar-refractivity contribution in [1.29, 1.82) is 0 Å². The Morgan fingerprint density at radius 1 is 0.952 bits per heavy atom. The summed E-state index contributed by atoms with van der Waals surface area (Å²) in [5, 5.41) is 0.593. The molecule has 0 unspecified atom stereocenters. The molecule has 0 heterocycles. The van der Waals surface area contributed by atoms with E-state index in [2.05, 4.69) is 15.9 Å². The van der Waals surface area contributed by atoms with Gasteiger partial charge in [-0.25, -0.2) is 0 Å². The molecule has 0 aliphatic carbocycles. The van der Waals surface area contributed by atoms with Crippen LogP contribution in [-0.4, -0.2) is 20.3 Å². The molecule has 0 fully saturated rings. The van der Waals surface area contributed by atoms with Gasteiger partial charge in [-0.1, -0.05) is 39.7 Å².